The van der Waals surface area contributed by atoms with Crippen molar-refractivity contribution in [2.45, 2.75) is 12.6 Å². The number of aromatic nitrogens is 3. The summed E-state index contributed by atoms with van der Waals surface area (Å²) in [6, 6.07) is 9.54. The van der Waals surface area contributed by atoms with Gasteiger partial charge >= 0.3 is 0 Å². The zero-order valence-corrected chi connectivity index (χ0v) is 14.2. The molecule has 3 aromatic rings. The smallest absolute Gasteiger partial charge is 0.275 e. The molecular formula is C17H16N4O3S. The Labute approximate surface area is 147 Å². The van der Waals surface area contributed by atoms with E-state index in [9.17, 15) is 4.79 Å². The number of para-hydroxylation sites is 1. The minimum atomic E-state index is -0.184. The van der Waals surface area contributed by atoms with Gasteiger partial charge < -0.3 is 14.4 Å². The predicted molar refractivity (Wildman–Crippen MR) is 91.9 cm³/mol. The number of carbonyl (C=O) groups is 1. The molecule has 0 unspecified atom stereocenters. The minimum absolute atomic E-state index is 0.0990. The van der Waals surface area contributed by atoms with Crippen molar-refractivity contribution in [2.24, 2.45) is 0 Å². The molecule has 0 spiro atoms. The topological polar surface area (TPSA) is 69.5 Å². The molecule has 1 fully saturated rings. The van der Waals surface area contributed by atoms with E-state index in [4.69, 9.17) is 14.5 Å². The van der Waals surface area contributed by atoms with Crippen molar-refractivity contribution in [3.8, 4) is 5.88 Å². The molecule has 0 saturated carbocycles. The minimum Gasteiger partial charge on any atom is -0.476 e. The number of hydrogen-bond acceptors (Lipinski definition) is 6. The molecule has 1 saturated heterocycles. The second-order valence-corrected chi connectivity index (χ2v) is 7.11. The Bertz CT molecular complexity index is 896. The molecule has 0 bridgehead atoms. The van der Waals surface area contributed by atoms with Crippen molar-refractivity contribution in [3.05, 3.63) is 41.0 Å². The first-order valence-corrected chi connectivity index (χ1v) is 9.06. The number of rotatable bonds is 2. The van der Waals surface area contributed by atoms with Gasteiger partial charge in [-0.15, -0.1) is 11.3 Å². The molecule has 128 valence electrons. The van der Waals surface area contributed by atoms with Crippen LogP contribution in [0.5, 0.6) is 5.88 Å². The third-order valence-electron chi connectivity index (χ3n) is 4.50. The Morgan fingerprint density at radius 3 is 3.04 bits per heavy atom. The van der Waals surface area contributed by atoms with Crippen LogP contribution in [0.25, 0.3) is 10.2 Å². The Morgan fingerprint density at radius 1 is 1.24 bits per heavy atom. The first-order valence-electron chi connectivity index (χ1n) is 8.24. The maximum absolute atomic E-state index is 13.0. The normalized spacial score (nSPS) is 19.8. The fourth-order valence-corrected chi connectivity index (χ4v) is 4.31. The number of carbonyl (C=O) groups excluding carboxylic acids is 1. The van der Waals surface area contributed by atoms with Gasteiger partial charge in [0.25, 0.3) is 5.91 Å². The largest absolute Gasteiger partial charge is 0.476 e. The lowest BCUT2D eigenvalue weighted by Gasteiger charge is -2.33. The van der Waals surface area contributed by atoms with E-state index in [1.54, 1.807) is 22.1 Å². The van der Waals surface area contributed by atoms with Gasteiger partial charge in [-0.25, -0.2) is 9.67 Å². The molecule has 8 heteroatoms. The number of morpholine rings is 1. The van der Waals surface area contributed by atoms with Crippen molar-refractivity contribution in [2.75, 3.05) is 26.4 Å². The molecule has 2 aliphatic rings. The summed E-state index contributed by atoms with van der Waals surface area (Å²) >= 11 is 1.61. The Morgan fingerprint density at radius 2 is 2.16 bits per heavy atom. The summed E-state index contributed by atoms with van der Waals surface area (Å²) in [4.78, 5) is 19.5. The fourth-order valence-electron chi connectivity index (χ4n) is 3.25. The maximum atomic E-state index is 13.0. The number of amides is 1. The Kier molecular flexibility index (Phi) is 3.46. The van der Waals surface area contributed by atoms with Crippen LogP contribution < -0.4 is 4.74 Å². The van der Waals surface area contributed by atoms with E-state index in [1.807, 2.05) is 29.2 Å². The molecular weight excluding hydrogens is 340 g/mol. The van der Waals surface area contributed by atoms with Crippen LogP contribution in [-0.2, 0) is 11.3 Å². The number of ether oxygens (including phenoxy) is 2. The highest BCUT2D eigenvalue weighted by Gasteiger charge is 2.33. The summed E-state index contributed by atoms with van der Waals surface area (Å²) in [6.07, 6.45) is 0. The molecule has 1 atom stereocenters. The van der Waals surface area contributed by atoms with E-state index in [0.717, 1.165) is 15.2 Å². The zero-order chi connectivity index (χ0) is 16.8. The van der Waals surface area contributed by atoms with E-state index in [2.05, 4.69) is 5.10 Å². The van der Waals surface area contributed by atoms with E-state index >= 15 is 0 Å². The number of fused-ring (bicyclic) bond motifs is 2. The number of hydrogen-bond donors (Lipinski definition) is 0. The van der Waals surface area contributed by atoms with Crippen LogP contribution in [0.4, 0.5) is 0 Å². The van der Waals surface area contributed by atoms with Gasteiger partial charge in [0.05, 0.1) is 30.0 Å². The molecule has 2 aromatic heterocycles. The van der Waals surface area contributed by atoms with Gasteiger partial charge in [-0.2, -0.15) is 5.10 Å². The molecule has 25 heavy (non-hydrogen) atoms. The molecule has 4 heterocycles. The number of nitrogens with zero attached hydrogens (tertiary/aromatic N) is 4. The highest BCUT2D eigenvalue weighted by Crippen LogP contribution is 2.32. The summed E-state index contributed by atoms with van der Waals surface area (Å²) in [5, 5.41) is 5.28. The van der Waals surface area contributed by atoms with Crippen LogP contribution in [0, 0.1) is 0 Å². The lowest BCUT2D eigenvalue weighted by molar-refractivity contribution is -0.00306. The second-order valence-electron chi connectivity index (χ2n) is 6.05. The van der Waals surface area contributed by atoms with Crippen molar-refractivity contribution < 1.29 is 14.3 Å². The summed E-state index contributed by atoms with van der Waals surface area (Å²) in [6.45, 7) is 2.81. The molecule has 1 amide bonds. The standard InChI is InChI=1S/C17H16N4O3S/c22-17(12-9-15-21(19-12)6-8-24-15)20-5-7-23-10-13(20)16-18-11-3-1-2-4-14(11)25-16/h1-4,9,13H,5-8,10H2/t13-/m1/s1. The van der Waals surface area contributed by atoms with Gasteiger partial charge in [-0.05, 0) is 12.1 Å². The van der Waals surface area contributed by atoms with Crippen LogP contribution in [0.2, 0.25) is 0 Å². The third-order valence-corrected chi connectivity index (χ3v) is 5.64. The molecule has 0 radical (unpaired) electrons. The summed E-state index contributed by atoms with van der Waals surface area (Å²) in [7, 11) is 0. The predicted octanol–water partition coefficient (Wildman–Crippen LogP) is 2.10. The quantitative estimate of drug-likeness (QED) is 0.703. The lowest BCUT2D eigenvalue weighted by Crippen LogP contribution is -2.43. The maximum Gasteiger partial charge on any atom is 0.275 e. The highest BCUT2D eigenvalue weighted by molar-refractivity contribution is 7.18. The van der Waals surface area contributed by atoms with Crippen LogP contribution in [0.3, 0.4) is 0 Å². The molecule has 7 nitrogen and oxygen atoms in total. The Hall–Kier alpha value is -2.45. The summed E-state index contributed by atoms with van der Waals surface area (Å²) in [5.41, 5.74) is 1.37. The molecule has 0 N–H and O–H groups in total. The van der Waals surface area contributed by atoms with Gasteiger partial charge in [0.2, 0.25) is 5.88 Å². The van der Waals surface area contributed by atoms with Crippen molar-refractivity contribution >= 4 is 27.5 Å². The lowest BCUT2D eigenvalue weighted by atomic mass is 10.2. The van der Waals surface area contributed by atoms with Crippen molar-refractivity contribution in [1.29, 1.82) is 0 Å². The molecule has 5 rings (SSSR count). The van der Waals surface area contributed by atoms with Crippen molar-refractivity contribution in [3.63, 3.8) is 0 Å². The van der Waals surface area contributed by atoms with E-state index in [0.29, 0.717) is 44.5 Å². The van der Waals surface area contributed by atoms with E-state index in [1.165, 1.54) is 0 Å². The molecule has 2 aliphatic heterocycles. The van der Waals surface area contributed by atoms with E-state index < -0.39 is 0 Å². The summed E-state index contributed by atoms with van der Waals surface area (Å²) in [5.74, 6) is 0.561. The van der Waals surface area contributed by atoms with Crippen LogP contribution in [0.15, 0.2) is 30.3 Å². The van der Waals surface area contributed by atoms with Crippen LogP contribution in [-0.4, -0.2) is 51.9 Å². The fraction of sp³-hybridized carbons (Fsp3) is 0.353. The molecule has 1 aromatic carbocycles. The van der Waals surface area contributed by atoms with Crippen LogP contribution >= 0.6 is 11.3 Å². The third kappa shape index (κ3) is 2.49. The Balaban J connectivity index is 1.48. The van der Waals surface area contributed by atoms with Gasteiger partial charge in [0, 0.05) is 12.6 Å². The average molecular weight is 356 g/mol. The highest BCUT2D eigenvalue weighted by atomic mass is 32.1. The first kappa shape index (κ1) is 14.9. The molecule has 0 aliphatic carbocycles. The van der Waals surface area contributed by atoms with Crippen LogP contribution in [0.1, 0.15) is 21.5 Å². The zero-order valence-electron chi connectivity index (χ0n) is 13.4. The second kappa shape index (κ2) is 5.82. The number of thiazole rings is 1. The van der Waals surface area contributed by atoms with Gasteiger partial charge in [0.15, 0.2) is 5.69 Å². The van der Waals surface area contributed by atoms with Crippen molar-refractivity contribution in [1.82, 2.24) is 19.7 Å². The monoisotopic (exact) mass is 356 g/mol. The average Bonchev–Trinajstić information content (AvgIpc) is 3.34. The number of benzene rings is 1. The SMILES string of the molecule is O=C(c1cc2n(n1)CCO2)N1CCOC[C@@H]1c1nc2ccccc2s1. The first-order chi connectivity index (χ1) is 12.3. The van der Waals surface area contributed by atoms with Gasteiger partial charge in [0.1, 0.15) is 17.7 Å². The van der Waals surface area contributed by atoms with Gasteiger partial charge in [-0.3, -0.25) is 4.79 Å². The van der Waals surface area contributed by atoms with E-state index in [-0.39, 0.29) is 11.9 Å². The van der Waals surface area contributed by atoms with Gasteiger partial charge in [-0.1, -0.05) is 12.1 Å². The summed E-state index contributed by atoms with van der Waals surface area (Å²) < 4.78 is 13.9.